The summed E-state index contributed by atoms with van der Waals surface area (Å²) in [5.41, 5.74) is 12.8. The molecule has 15 heterocycles. The van der Waals surface area contributed by atoms with E-state index in [0.717, 1.165) is 319 Å². The standard InChI is InChI=1S/C20H26N6O.C20H23N5O2.C19H22N6O.C19H21N5O2.C18H22N6O.5C2H6/c1-13-11-26(8-7-21-13)18-10-17(22-12-23-18)19-15-9-14(27-20(2,3)4)5-6-16(15)24-25-19;1-13-11-25(7-8-26-13)18-10-17(21-12-22-18)19-15-9-14(27-20(2)5-6-20)3-4-16(15)23-24-19;1-19(4-5-19)26-13-2-3-15-14(10-13)18(24-23-15)16-11-17(22-12-21-16)25-8-6-20-7-9-25;1-19(4-5-19)26-13-2-3-15-14(10-13)18(23-22-15)16-11-17(21-12-20-16)24-6-8-25-9-7-24;1-12(2)25-13-3-4-15-14(9-13)18(23-22-15)16-10-17(21-11-20-16)24-7-5-19-6-8-24;5*1-2/h5-6,9-10,12-13,21H,7-8,11H2,1-4H3,(H,24,25);3-4,9-10,12-13H,5-8,11H2,1-2H3,(H,23,24);2-3,10-12,20H,4-9H2,1H3,(H,23,24);2-3,10-12H,4-9H2,1H3,(H,22,23);3-4,9-12,19H,5-8H2,1-2H3,(H,22,23);5*1-2H3/t2*13-;;;;;;;;/m00......../s1. The molecule has 0 unspecified atom stereocenters. The fourth-order valence-corrected chi connectivity index (χ4v) is 16.6. The summed E-state index contributed by atoms with van der Waals surface area (Å²) in [4.78, 5) is 55.8. The lowest BCUT2D eigenvalue weighted by atomic mass is 10.1. The first-order valence-electron chi connectivity index (χ1n) is 50.6. The van der Waals surface area contributed by atoms with Gasteiger partial charge in [-0.05, 0) is 199 Å². The molecule has 0 spiro atoms. The van der Waals surface area contributed by atoms with E-state index in [2.05, 4.69) is 188 Å². The summed E-state index contributed by atoms with van der Waals surface area (Å²) in [5, 5.41) is 53.2. The van der Waals surface area contributed by atoms with E-state index in [-0.39, 0.29) is 34.6 Å². The molecule has 35 nitrogen and oxygen atoms in total. The highest BCUT2D eigenvalue weighted by Crippen LogP contribution is 2.45. The van der Waals surface area contributed by atoms with Crippen LogP contribution >= 0.6 is 0 Å². The molecule has 8 aliphatic rings. The highest BCUT2D eigenvalue weighted by molar-refractivity contribution is 5.97. The number of aromatic nitrogens is 20. The zero-order valence-electron chi connectivity index (χ0n) is 85.9. The third kappa shape index (κ3) is 27.1. The summed E-state index contributed by atoms with van der Waals surface area (Å²) < 4.78 is 41.2. The topological polar surface area (TPSA) is 389 Å². The van der Waals surface area contributed by atoms with Gasteiger partial charge < -0.3 is 73.6 Å². The van der Waals surface area contributed by atoms with Crippen LogP contribution in [0.2, 0.25) is 0 Å². The minimum atomic E-state index is -0.251. The van der Waals surface area contributed by atoms with Crippen molar-refractivity contribution in [2.45, 2.75) is 218 Å². The fourth-order valence-electron chi connectivity index (χ4n) is 16.6. The Hall–Kier alpha value is -13.4. The number of ether oxygens (including phenoxy) is 7. The number of nitrogens with one attached hydrogen (secondary N) is 8. The number of H-pyrrole nitrogens is 5. The fraction of sp³-hybridized carbons (Fsp3) is 0.481. The first kappa shape index (κ1) is 104. The molecule has 23 rings (SSSR count). The Balaban J connectivity index is 0.000000137. The average Bonchev–Trinajstić information content (AvgIpc) is 1.60. The number of piperazine rings is 3. The molecule has 10 aromatic heterocycles. The van der Waals surface area contributed by atoms with Crippen molar-refractivity contribution in [3.05, 3.63) is 153 Å². The quantitative estimate of drug-likeness (QED) is 0.0373. The lowest BCUT2D eigenvalue weighted by molar-refractivity contribution is 0.0529. The van der Waals surface area contributed by atoms with Crippen LogP contribution in [0.3, 0.4) is 0 Å². The van der Waals surface area contributed by atoms with Crippen LogP contribution in [0, 0.1) is 0 Å². The van der Waals surface area contributed by atoms with Crippen LogP contribution in [0.15, 0.2) is 153 Å². The molecule has 141 heavy (non-hydrogen) atoms. The van der Waals surface area contributed by atoms with E-state index in [1.807, 2.05) is 213 Å². The molecule has 0 bridgehead atoms. The second-order valence-electron chi connectivity index (χ2n) is 36.7. The first-order valence-corrected chi connectivity index (χ1v) is 50.6. The number of benzene rings is 5. The van der Waals surface area contributed by atoms with Crippen molar-refractivity contribution < 1.29 is 33.2 Å². The molecule has 5 saturated heterocycles. The lowest BCUT2D eigenvalue weighted by Crippen LogP contribution is -2.49. The Morgan fingerprint density at radius 3 is 0.936 bits per heavy atom. The van der Waals surface area contributed by atoms with E-state index in [1.165, 1.54) is 0 Å². The first-order chi connectivity index (χ1) is 68.6. The molecule has 0 radical (unpaired) electrons. The van der Waals surface area contributed by atoms with E-state index in [4.69, 9.17) is 33.2 Å². The average molecular weight is 1920 g/mol. The largest absolute Gasteiger partial charge is 0.491 e. The van der Waals surface area contributed by atoms with Crippen LogP contribution in [0.4, 0.5) is 29.1 Å². The van der Waals surface area contributed by atoms with Crippen molar-refractivity contribution in [3.8, 4) is 85.7 Å². The molecule has 35 heteroatoms. The maximum absolute atomic E-state index is 6.12. The number of nitrogens with zero attached hydrogens (tertiary/aromatic N) is 20. The van der Waals surface area contributed by atoms with Gasteiger partial charge in [0.15, 0.2) is 0 Å². The van der Waals surface area contributed by atoms with Gasteiger partial charge in [-0.2, -0.15) is 25.5 Å². The molecular weight excluding hydrogens is 1780 g/mol. The zero-order valence-corrected chi connectivity index (χ0v) is 85.9. The molecule has 8 N–H and O–H groups in total. The van der Waals surface area contributed by atoms with Crippen LogP contribution in [0.25, 0.3) is 111 Å². The van der Waals surface area contributed by atoms with Crippen LogP contribution in [0.5, 0.6) is 28.7 Å². The summed E-state index contributed by atoms with van der Waals surface area (Å²) >= 11 is 0. The number of hydrogen-bond acceptors (Lipinski definition) is 30. The van der Waals surface area contributed by atoms with Crippen molar-refractivity contribution in [3.63, 3.8) is 0 Å². The van der Waals surface area contributed by atoms with Gasteiger partial charge in [0, 0.05) is 161 Å². The van der Waals surface area contributed by atoms with Gasteiger partial charge in [-0.25, -0.2) is 49.8 Å². The van der Waals surface area contributed by atoms with E-state index in [0.29, 0.717) is 12.6 Å². The SMILES string of the molecule is CC.CC.CC.CC.CC.CC(C)Oc1ccc2[nH]nc(-c3cc(N4CCNCC4)ncn3)c2c1.CC1(Oc2ccc3[nH]nc(-c4cc(N5CCNCC5)ncn4)c3c2)CC1.CC1(Oc2ccc3[nH]nc(-c4cc(N5CCOCC5)ncn4)c3c2)CC1.C[C@H]1CN(c2cc(-c3n[nH]c4ccc(OC(C)(C)C)cc34)ncn2)CCN1.C[C@H]1CN(c2cc(-c3n[nH]c4ccc(OC5(C)CC5)cc34)ncn2)CCO1. The maximum atomic E-state index is 6.12. The number of fused-ring (bicyclic) bond motifs is 5. The summed E-state index contributed by atoms with van der Waals surface area (Å²) in [6.45, 7) is 56.9. The van der Waals surface area contributed by atoms with Crippen molar-refractivity contribution in [1.82, 2.24) is 117 Å². The third-order valence-electron chi connectivity index (χ3n) is 24.4. The molecule has 5 aromatic carbocycles. The predicted octanol–water partition coefficient (Wildman–Crippen LogP) is 18.7. The Labute approximate surface area is 827 Å². The lowest BCUT2D eigenvalue weighted by Gasteiger charge is -2.32. The Bertz CT molecular complexity index is 6180. The van der Waals surface area contributed by atoms with Crippen molar-refractivity contribution in [1.29, 1.82) is 0 Å². The van der Waals surface area contributed by atoms with Crippen molar-refractivity contribution >= 4 is 83.6 Å². The third-order valence-corrected chi connectivity index (χ3v) is 24.4. The van der Waals surface area contributed by atoms with Gasteiger partial charge in [-0.15, -0.1) is 0 Å². The van der Waals surface area contributed by atoms with E-state index in [9.17, 15) is 0 Å². The van der Waals surface area contributed by atoms with Gasteiger partial charge in [-0.3, -0.25) is 25.5 Å². The van der Waals surface area contributed by atoms with Gasteiger partial charge in [0.05, 0.1) is 88.1 Å². The van der Waals surface area contributed by atoms with Gasteiger partial charge in [0.25, 0.3) is 0 Å². The van der Waals surface area contributed by atoms with Crippen molar-refractivity contribution in [2.24, 2.45) is 0 Å². The molecule has 3 aliphatic carbocycles. The predicted molar refractivity (Wildman–Crippen MR) is 564 cm³/mol. The second kappa shape index (κ2) is 48.2. The minimum Gasteiger partial charge on any atom is -0.491 e. The van der Waals surface area contributed by atoms with Crippen LogP contribution in [0.1, 0.15) is 177 Å². The normalized spacial score (nSPS) is 17.4. The number of hydrogen-bond donors (Lipinski definition) is 8. The molecule has 15 aromatic rings. The molecular formula is C106H144N28O7. The molecule has 2 atom stereocenters. The molecule has 8 fully saturated rings. The molecule has 0 amide bonds. The van der Waals surface area contributed by atoms with E-state index in [1.54, 1.807) is 31.6 Å². The van der Waals surface area contributed by atoms with Gasteiger partial charge >= 0.3 is 0 Å². The zero-order chi connectivity index (χ0) is 99.8. The number of anilines is 5. The number of aromatic amines is 5. The Kier molecular flexibility index (Phi) is 35.4. The van der Waals surface area contributed by atoms with Gasteiger partial charge in [0.2, 0.25) is 0 Å². The maximum Gasteiger partial charge on any atom is 0.132 e. The van der Waals surface area contributed by atoms with Gasteiger partial charge in [0.1, 0.15) is 140 Å². The second-order valence-corrected chi connectivity index (χ2v) is 36.7. The molecule has 3 saturated carbocycles. The van der Waals surface area contributed by atoms with Crippen LogP contribution in [-0.2, 0) is 9.47 Å². The summed E-state index contributed by atoms with van der Waals surface area (Å²) in [6, 6.07) is 40.6. The molecule has 5 aliphatic heterocycles. The Morgan fingerprint density at radius 1 is 0.340 bits per heavy atom. The monoisotopic (exact) mass is 1920 g/mol. The summed E-state index contributed by atoms with van der Waals surface area (Å²) in [5.74, 6) is 8.94. The molecule has 750 valence electrons. The smallest absolute Gasteiger partial charge is 0.132 e. The number of rotatable bonds is 19. The highest BCUT2D eigenvalue weighted by Gasteiger charge is 2.42. The van der Waals surface area contributed by atoms with Gasteiger partial charge in [-0.1, -0.05) is 69.2 Å². The van der Waals surface area contributed by atoms with Crippen molar-refractivity contribution in [2.75, 3.05) is 142 Å². The van der Waals surface area contributed by atoms with E-state index < -0.39 is 0 Å². The number of morpholine rings is 2. The van der Waals surface area contributed by atoms with E-state index >= 15 is 0 Å². The van der Waals surface area contributed by atoms with Crippen LogP contribution in [-0.4, -0.2) is 259 Å². The highest BCUT2D eigenvalue weighted by atomic mass is 16.5. The summed E-state index contributed by atoms with van der Waals surface area (Å²) in [7, 11) is 0. The minimum absolute atomic E-state index is 0.00194. The Morgan fingerprint density at radius 2 is 0.624 bits per heavy atom. The summed E-state index contributed by atoms with van der Waals surface area (Å²) in [6.07, 6.45) is 15.1. The van der Waals surface area contributed by atoms with Crippen LogP contribution < -0.4 is 64.1 Å².